The molecule has 0 radical (unpaired) electrons. The second kappa shape index (κ2) is 7.73. The third kappa shape index (κ3) is 4.68. The maximum atomic E-state index is 5.62. The molecule has 2 fully saturated rings. The van der Waals surface area contributed by atoms with Crippen LogP contribution in [0, 0.1) is 5.92 Å². The summed E-state index contributed by atoms with van der Waals surface area (Å²) >= 11 is 0. The van der Waals surface area contributed by atoms with Crippen LogP contribution < -0.4 is 16.6 Å². The summed E-state index contributed by atoms with van der Waals surface area (Å²) in [4.78, 5) is 4.79. The van der Waals surface area contributed by atoms with Gasteiger partial charge in [-0.2, -0.15) is 0 Å². The molecule has 0 aromatic carbocycles. The number of nitrogens with zero attached hydrogens (tertiary/aromatic N) is 1. The molecule has 2 aliphatic rings. The van der Waals surface area contributed by atoms with Gasteiger partial charge in [-0.3, -0.25) is 5.43 Å². The van der Waals surface area contributed by atoms with E-state index in [1.54, 1.807) is 0 Å². The van der Waals surface area contributed by atoms with Gasteiger partial charge in [0.05, 0.1) is 6.04 Å². The molecule has 4 heteroatoms. The van der Waals surface area contributed by atoms with Crippen LogP contribution in [0.5, 0.6) is 0 Å². The van der Waals surface area contributed by atoms with Gasteiger partial charge in [-0.05, 0) is 44.4 Å². The van der Waals surface area contributed by atoms with Crippen molar-refractivity contribution < 1.29 is 0 Å². The van der Waals surface area contributed by atoms with E-state index < -0.39 is 0 Å². The van der Waals surface area contributed by atoms with Gasteiger partial charge in [0, 0.05) is 6.04 Å². The minimum atomic E-state index is 0.463. The molecular weight excluding hydrogens is 236 g/mol. The second-order valence-corrected chi connectivity index (χ2v) is 6.18. The van der Waals surface area contributed by atoms with Gasteiger partial charge in [0.1, 0.15) is 0 Å². The first-order valence-electron chi connectivity index (χ1n) is 8.12. The number of rotatable bonds is 3. The van der Waals surface area contributed by atoms with Crippen LogP contribution in [0.2, 0.25) is 0 Å². The van der Waals surface area contributed by atoms with Crippen molar-refractivity contribution in [1.29, 1.82) is 0 Å². The van der Waals surface area contributed by atoms with Crippen molar-refractivity contribution in [3.63, 3.8) is 0 Å². The largest absolute Gasteiger partial charge is 0.353 e. The molecule has 0 aromatic rings. The summed E-state index contributed by atoms with van der Waals surface area (Å²) in [6, 6.07) is 1.03. The highest BCUT2D eigenvalue weighted by Crippen LogP contribution is 2.28. The number of nitrogens with two attached hydrogens (primary N) is 1. The summed E-state index contributed by atoms with van der Waals surface area (Å²) in [5.41, 5.74) is 2.76. The van der Waals surface area contributed by atoms with Crippen molar-refractivity contribution in [3.05, 3.63) is 0 Å². The standard InChI is InChI=1S/C15H30N4/c1-2-12-8-10-14(11-9-12)18-15(19-16)17-13-6-4-3-5-7-13/h12-14H,2-11,16H2,1H3,(H2,17,18,19). The Morgan fingerprint density at radius 3 is 2.32 bits per heavy atom. The van der Waals surface area contributed by atoms with E-state index in [2.05, 4.69) is 17.7 Å². The van der Waals surface area contributed by atoms with E-state index in [0.29, 0.717) is 12.1 Å². The zero-order valence-electron chi connectivity index (χ0n) is 12.3. The first kappa shape index (κ1) is 14.6. The first-order valence-corrected chi connectivity index (χ1v) is 8.12. The zero-order valence-corrected chi connectivity index (χ0v) is 12.3. The minimum absolute atomic E-state index is 0.463. The average Bonchev–Trinajstić information content (AvgIpc) is 2.48. The van der Waals surface area contributed by atoms with Gasteiger partial charge in [0.2, 0.25) is 5.96 Å². The molecule has 0 aliphatic heterocycles. The lowest BCUT2D eigenvalue weighted by molar-refractivity contribution is 0.318. The number of hydrogen-bond donors (Lipinski definition) is 3. The lowest BCUT2D eigenvalue weighted by atomic mass is 9.85. The first-order chi connectivity index (χ1) is 9.31. The van der Waals surface area contributed by atoms with Crippen LogP contribution in [0.3, 0.4) is 0 Å². The highest BCUT2D eigenvalue weighted by Gasteiger charge is 2.20. The number of aliphatic imine (C=N–C) groups is 1. The zero-order chi connectivity index (χ0) is 13.5. The summed E-state index contributed by atoms with van der Waals surface area (Å²) in [5, 5.41) is 3.49. The fourth-order valence-electron chi connectivity index (χ4n) is 3.42. The molecule has 4 nitrogen and oxygen atoms in total. The smallest absolute Gasteiger partial charge is 0.206 e. The van der Waals surface area contributed by atoms with Crippen LogP contribution in [0.25, 0.3) is 0 Å². The van der Waals surface area contributed by atoms with E-state index >= 15 is 0 Å². The Morgan fingerprint density at radius 1 is 1.05 bits per heavy atom. The van der Waals surface area contributed by atoms with Gasteiger partial charge in [-0.15, -0.1) is 0 Å². The summed E-state index contributed by atoms with van der Waals surface area (Å²) in [6.45, 7) is 2.30. The third-order valence-electron chi connectivity index (χ3n) is 4.79. The highest BCUT2D eigenvalue weighted by atomic mass is 15.3. The molecule has 110 valence electrons. The van der Waals surface area contributed by atoms with Crippen LogP contribution in [-0.4, -0.2) is 18.0 Å². The molecule has 2 saturated carbocycles. The van der Waals surface area contributed by atoms with Crippen molar-refractivity contribution in [2.75, 3.05) is 0 Å². The van der Waals surface area contributed by atoms with E-state index in [-0.39, 0.29) is 0 Å². The molecule has 0 unspecified atom stereocenters. The Labute approximate surface area is 117 Å². The SMILES string of the molecule is CCC1CCC(N=C(NN)NC2CCCCC2)CC1. The van der Waals surface area contributed by atoms with Gasteiger partial charge in [-0.1, -0.05) is 32.6 Å². The molecule has 4 N–H and O–H groups in total. The Bertz CT molecular complexity index is 276. The molecule has 0 aromatic heterocycles. The van der Waals surface area contributed by atoms with E-state index in [1.165, 1.54) is 64.2 Å². The molecule has 0 amide bonds. The molecular formula is C15H30N4. The van der Waals surface area contributed by atoms with Gasteiger partial charge >= 0.3 is 0 Å². The van der Waals surface area contributed by atoms with Crippen molar-refractivity contribution >= 4 is 5.96 Å². The molecule has 0 atom stereocenters. The normalized spacial score (nSPS) is 30.1. The number of hydrogen-bond acceptors (Lipinski definition) is 2. The Hall–Kier alpha value is -0.770. The summed E-state index contributed by atoms with van der Waals surface area (Å²) in [6.07, 6.45) is 12.9. The van der Waals surface area contributed by atoms with E-state index in [4.69, 9.17) is 10.8 Å². The average molecular weight is 266 g/mol. The summed E-state index contributed by atoms with van der Waals surface area (Å²) in [7, 11) is 0. The van der Waals surface area contributed by atoms with Gasteiger partial charge < -0.3 is 5.32 Å². The molecule has 19 heavy (non-hydrogen) atoms. The lowest BCUT2D eigenvalue weighted by Crippen LogP contribution is -2.47. The summed E-state index contributed by atoms with van der Waals surface area (Å²) in [5.74, 6) is 7.35. The molecule has 0 heterocycles. The van der Waals surface area contributed by atoms with Crippen molar-refractivity contribution in [3.8, 4) is 0 Å². The molecule has 2 aliphatic carbocycles. The number of hydrazine groups is 1. The Balaban J connectivity index is 1.81. The summed E-state index contributed by atoms with van der Waals surface area (Å²) < 4.78 is 0. The Morgan fingerprint density at radius 2 is 1.74 bits per heavy atom. The molecule has 0 spiro atoms. The lowest BCUT2D eigenvalue weighted by Gasteiger charge is -2.28. The van der Waals surface area contributed by atoms with Crippen molar-refractivity contribution in [2.24, 2.45) is 16.8 Å². The van der Waals surface area contributed by atoms with Crippen LogP contribution >= 0.6 is 0 Å². The molecule has 2 rings (SSSR count). The van der Waals surface area contributed by atoms with Gasteiger partial charge in [0.15, 0.2) is 0 Å². The predicted molar refractivity (Wildman–Crippen MR) is 80.8 cm³/mol. The second-order valence-electron chi connectivity index (χ2n) is 6.18. The van der Waals surface area contributed by atoms with E-state index in [0.717, 1.165) is 11.9 Å². The minimum Gasteiger partial charge on any atom is -0.353 e. The van der Waals surface area contributed by atoms with Crippen molar-refractivity contribution in [2.45, 2.75) is 83.2 Å². The number of nitrogens with one attached hydrogen (secondary N) is 2. The maximum absolute atomic E-state index is 5.62. The van der Waals surface area contributed by atoms with E-state index in [9.17, 15) is 0 Å². The number of guanidine groups is 1. The van der Waals surface area contributed by atoms with Crippen LogP contribution in [-0.2, 0) is 0 Å². The maximum Gasteiger partial charge on any atom is 0.206 e. The van der Waals surface area contributed by atoms with E-state index in [1.807, 2.05) is 0 Å². The van der Waals surface area contributed by atoms with Crippen LogP contribution in [0.15, 0.2) is 4.99 Å². The molecule has 0 bridgehead atoms. The molecule has 0 saturated heterocycles. The third-order valence-corrected chi connectivity index (χ3v) is 4.79. The highest BCUT2D eigenvalue weighted by molar-refractivity contribution is 5.79. The monoisotopic (exact) mass is 266 g/mol. The van der Waals surface area contributed by atoms with Gasteiger partial charge in [0.25, 0.3) is 0 Å². The van der Waals surface area contributed by atoms with Crippen LogP contribution in [0.4, 0.5) is 0 Å². The Kier molecular flexibility index (Phi) is 5.95. The van der Waals surface area contributed by atoms with Crippen molar-refractivity contribution in [1.82, 2.24) is 10.7 Å². The van der Waals surface area contributed by atoms with Gasteiger partial charge in [-0.25, -0.2) is 10.8 Å². The quantitative estimate of drug-likeness (QED) is 0.318. The fraction of sp³-hybridized carbons (Fsp3) is 0.933. The predicted octanol–water partition coefficient (Wildman–Crippen LogP) is 2.70. The topological polar surface area (TPSA) is 62.4 Å². The van der Waals surface area contributed by atoms with Crippen LogP contribution in [0.1, 0.15) is 71.1 Å². The fourth-order valence-corrected chi connectivity index (χ4v) is 3.42.